The van der Waals surface area contributed by atoms with Crippen LogP contribution in [0, 0.1) is 20.8 Å². The number of furan rings is 1. The van der Waals surface area contributed by atoms with Gasteiger partial charge in [-0.25, -0.2) is 0 Å². The number of aryl methyl sites for hydroxylation is 2. The molecule has 0 saturated carbocycles. The van der Waals surface area contributed by atoms with E-state index in [1.807, 2.05) is 20.8 Å². The van der Waals surface area contributed by atoms with Gasteiger partial charge in [0.15, 0.2) is 0 Å². The zero-order valence-electron chi connectivity index (χ0n) is 7.82. The zero-order valence-corrected chi connectivity index (χ0v) is 9.82. The highest BCUT2D eigenvalue weighted by atomic mass is 28.2. The highest BCUT2D eigenvalue weighted by Gasteiger charge is 2.16. The van der Waals surface area contributed by atoms with Crippen molar-refractivity contribution in [1.29, 1.82) is 0 Å². The molecule has 1 aromatic rings. The Morgan fingerprint density at radius 3 is 2.25 bits per heavy atom. The Hall–Kier alpha value is -1.03. The molecule has 0 radical (unpaired) electrons. The van der Waals surface area contributed by atoms with Gasteiger partial charge in [-0.15, -0.1) is 0 Å². The zero-order chi connectivity index (χ0) is 9.30. The maximum atomic E-state index is 11.3. The van der Waals surface area contributed by atoms with Gasteiger partial charge in [0.25, 0.3) is 0 Å². The second-order valence-corrected chi connectivity index (χ2v) is 3.29. The summed E-state index contributed by atoms with van der Waals surface area (Å²) >= 11 is 0. The Morgan fingerprint density at radius 2 is 1.92 bits per heavy atom. The van der Waals surface area contributed by atoms with Crippen molar-refractivity contribution in [2.75, 3.05) is 0 Å². The molecule has 0 fully saturated rings. The Labute approximate surface area is 74.6 Å². The summed E-state index contributed by atoms with van der Waals surface area (Å²) in [7, 11) is 0.672. The summed E-state index contributed by atoms with van der Waals surface area (Å²) in [6.45, 7) is 5.58. The van der Waals surface area contributed by atoms with Gasteiger partial charge in [-0.2, -0.15) is 0 Å². The second kappa shape index (κ2) is 3.14. The largest absolute Gasteiger partial charge is 0.466 e. The monoisotopic (exact) mass is 183 g/mol. The molecule has 0 spiro atoms. The number of hydrogen-bond donors (Lipinski definition) is 1. The molecule has 1 N–H and O–H groups in total. The number of carbonyl (C=O) groups is 1. The fraction of sp³-hybridized carbons (Fsp3) is 0.375. The molecule has 0 aliphatic heterocycles. The van der Waals surface area contributed by atoms with Crippen LogP contribution in [0.3, 0.4) is 0 Å². The topological polar surface area (TPSA) is 42.2 Å². The van der Waals surface area contributed by atoms with E-state index in [2.05, 4.69) is 4.98 Å². The van der Waals surface area contributed by atoms with Gasteiger partial charge in [-0.1, -0.05) is 0 Å². The lowest BCUT2D eigenvalue weighted by Crippen LogP contribution is -2.20. The van der Waals surface area contributed by atoms with Crippen molar-refractivity contribution in [3.8, 4) is 0 Å². The van der Waals surface area contributed by atoms with E-state index in [-0.39, 0.29) is 5.91 Å². The SMILES string of the molecule is Cc1oc(C)c(C(=O)N[SiH3])c1C. The van der Waals surface area contributed by atoms with Gasteiger partial charge in [-0.3, -0.25) is 4.79 Å². The number of amides is 1. The molecule has 0 unspecified atom stereocenters. The summed E-state index contributed by atoms with van der Waals surface area (Å²) in [6.07, 6.45) is 0. The molecule has 0 aliphatic rings. The highest BCUT2D eigenvalue weighted by molar-refractivity contribution is 6.18. The van der Waals surface area contributed by atoms with Gasteiger partial charge in [0, 0.05) is 5.56 Å². The Bertz CT molecular complexity index is 317. The van der Waals surface area contributed by atoms with Gasteiger partial charge in [0.05, 0.1) is 5.56 Å². The fourth-order valence-electron chi connectivity index (χ4n) is 1.25. The number of nitrogens with one attached hydrogen (secondary N) is 1. The molecule has 66 valence electrons. The van der Waals surface area contributed by atoms with E-state index in [1.54, 1.807) is 0 Å². The van der Waals surface area contributed by atoms with Gasteiger partial charge < -0.3 is 9.40 Å². The Kier molecular flexibility index (Phi) is 2.37. The van der Waals surface area contributed by atoms with E-state index >= 15 is 0 Å². The quantitative estimate of drug-likeness (QED) is 0.633. The lowest BCUT2D eigenvalue weighted by Gasteiger charge is -1.97. The van der Waals surface area contributed by atoms with Gasteiger partial charge >= 0.3 is 0 Å². The van der Waals surface area contributed by atoms with Gasteiger partial charge in [0.1, 0.15) is 21.9 Å². The van der Waals surface area contributed by atoms with Crippen molar-refractivity contribution < 1.29 is 9.21 Å². The summed E-state index contributed by atoms with van der Waals surface area (Å²) in [5.74, 6) is 1.51. The Balaban J connectivity index is 3.22. The summed E-state index contributed by atoms with van der Waals surface area (Å²) in [6, 6.07) is 0. The van der Waals surface area contributed by atoms with Crippen molar-refractivity contribution in [1.82, 2.24) is 4.98 Å². The predicted octanol–water partition coefficient (Wildman–Crippen LogP) is 0.215. The molecular formula is C8H13NO2Si. The van der Waals surface area contributed by atoms with Crippen LogP contribution in [0.25, 0.3) is 0 Å². The minimum Gasteiger partial charge on any atom is -0.466 e. The average molecular weight is 183 g/mol. The third-order valence-corrected chi connectivity index (χ3v) is 2.47. The van der Waals surface area contributed by atoms with Crippen molar-refractivity contribution >= 4 is 16.3 Å². The summed E-state index contributed by atoms with van der Waals surface area (Å²) in [5, 5.41) is 0. The fourth-order valence-corrected chi connectivity index (χ4v) is 1.50. The van der Waals surface area contributed by atoms with Crippen molar-refractivity contribution in [3.05, 3.63) is 22.6 Å². The first-order chi connectivity index (χ1) is 5.57. The normalized spacial score (nSPS) is 10.2. The van der Waals surface area contributed by atoms with Crippen LogP contribution in [0.2, 0.25) is 0 Å². The van der Waals surface area contributed by atoms with Crippen molar-refractivity contribution in [2.45, 2.75) is 20.8 Å². The van der Waals surface area contributed by atoms with E-state index in [0.717, 1.165) is 11.3 Å². The maximum Gasteiger partial charge on any atom is 0.246 e. The smallest absolute Gasteiger partial charge is 0.246 e. The van der Waals surface area contributed by atoms with Crippen LogP contribution in [0.15, 0.2) is 4.42 Å². The number of hydrogen-bond acceptors (Lipinski definition) is 2. The average Bonchev–Trinajstić information content (AvgIpc) is 2.26. The van der Waals surface area contributed by atoms with Crippen LogP contribution < -0.4 is 4.98 Å². The molecule has 0 aromatic carbocycles. The van der Waals surface area contributed by atoms with E-state index in [1.165, 1.54) is 0 Å². The van der Waals surface area contributed by atoms with Crippen LogP contribution in [-0.4, -0.2) is 16.3 Å². The first-order valence-electron chi connectivity index (χ1n) is 3.86. The van der Waals surface area contributed by atoms with E-state index in [9.17, 15) is 4.79 Å². The standard InChI is InChI=1S/C8H13NO2Si/c1-4-5(2)11-6(3)7(4)8(10)9-12/h1-3,12H3,(H,9,10). The molecule has 1 aromatic heterocycles. The first kappa shape index (κ1) is 9.06. The molecule has 0 bridgehead atoms. The summed E-state index contributed by atoms with van der Waals surface area (Å²) < 4.78 is 5.32. The Morgan fingerprint density at radius 1 is 1.33 bits per heavy atom. The molecule has 3 nitrogen and oxygen atoms in total. The molecule has 0 atom stereocenters. The number of rotatable bonds is 1. The summed E-state index contributed by atoms with van der Waals surface area (Å²) in [4.78, 5) is 14.0. The first-order valence-corrected chi connectivity index (χ1v) is 4.86. The molecule has 4 heteroatoms. The van der Waals surface area contributed by atoms with Crippen LogP contribution in [0.4, 0.5) is 0 Å². The molecule has 0 saturated heterocycles. The van der Waals surface area contributed by atoms with Crippen LogP contribution in [0.5, 0.6) is 0 Å². The minimum absolute atomic E-state index is 0.0199. The lowest BCUT2D eigenvalue weighted by molar-refractivity contribution is 0.0979. The third-order valence-electron chi connectivity index (χ3n) is 2.02. The molecule has 1 amide bonds. The number of carbonyl (C=O) groups excluding carboxylic acids is 1. The third kappa shape index (κ3) is 1.29. The highest BCUT2D eigenvalue weighted by Crippen LogP contribution is 2.19. The maximum absolute atomic E-state index is 11.3. The van der Waals surface area contributed by atoms with Crippen molar-refractivity contribution in [2.24, 2.45) is 0 Å². The molecular weight excluding hydrogens is 170 g/mol. The van der Waals surface area contributed by atoms with Crippen molar-refractivity contribution in [3.63, 3.8) is 0 Å². The molecule has 1 rings (SSSR count). The predicted molar refractivity (Wildman–Crippen MR) is 50.3 cm³/mol. The van der Waals surface area contributed by atoms with Crippen LogP contribution >= 0.6 is 0 Å². The van der Waals surface area contributed by atoms with E-state index in [0.29, 0.717) is 21.7 Å². The molecule has 0 aliphatic carbocycles. The van der Waals surface area contributed by atoms with E-state index < -0.39 is 0 Å². The van der Waals surface area contributed by atoms with Gasteiger partial charge in [-0.05, 0) is 20.8 Å². The summed E-state index contributed by atoms with van der Waals surface area (Å²) in [5.41, 5.74) is 1.64. The lowest BCUT2D eigenvalue weighted by atomic mass is 10.1. The second-order valence-electron chi connectivity index (χ2n) is 2.79. The molecule has 12 heavy (non-hydrogen) atoms. The minimum atomic E-state index is -0.0199. The van der Waals surface area contributed by atoms with Crippen LogP contribution in [-0.2, 0) is 0 Å². The van der Waals surface area contributed by atoms with Gasteiger partial charge in [0.2, 0.25) is 5.91 Å². The van der Waals surface area contributed by atoms with Crippen LogP contribution in [0.1, 0.15) is 27.4 Å². The molecule has 1 heterocycles. The van der Waals surface area contributed by atoms with E-state index in [4.69, 9.17) is 4.42 Å².